The number of ether oxygens (including phenoxy) is 1. The molecule has 2 aromatic carbocycles. The van der Waals surface area contributed by atoms with E-state index < -0.39 is 24.0 Å². The molecule has 0 saturated carbocycles. The summed E-state index contributed by atoms with van der Waals surface area (Å²) >= 11 is 0. The number of halogens is 2. The van der Waals surface area contributed by atoms with Crippen molar-refractivity contribution in [2.75, 3.05) is 0 Å². The van der Waals surface area contributed by atoms with Crippen molar-refractivity contribution in [1.82, 2.24) is 29.5 Å². The van der Waals surface area contributed by atoms with Gasteiger partial charge in [0.05, 0.1) is 30.1 Å². The van der Waals surface area contributed by atoms with E-state index in [0.717, 1.165) is 22.3 Å². The van der Waals surface area contributed by atoms with Crippen LogP contribution in [-0.2, 0) is 4.79 Å². The van der Waals surface area contributed by atoms with Crippen LogP contribution in [-0.4, -0.2) is 42.0 Å². The number of hydrogen-bond donors (Lipinski definition) is 1. The summed E-state index contributed by atoms with van der Waals surface area (Å²) in [7, 11) is 0. The number of carbonyl (C=O) groups is 1. The number of aromatic nitrogens is 5. The second-order valence-corrected chi connectivity index (χ2v) is 9.28. The maximum absolute atomic E-state index is 13.8. The van der Waals surface area contributed by atoms with E-state index >= 15 is 0 Å². The van der Waals surface area contributed by atoms with E-state index in [1.54, 1.807) is 35.5 Å². The Kier molecular flexibility index (Phi) is 6.32. The molecular formula is C27H26F2N6O2. The summed E-state index contributed by atoms with van der Waals surface area (Å²) in [6.45, 7) is 4.30. The lowest BCUT2D eigenvalue weighted by Gasteiger charge is -2.32. The number of nitrogens with one attached hydrogen (secondary N) is 1. The van der Waals surface area contributed by atoms with Crippen molar-refractivity contribution in [1.29, 1.82) is 0 Å². The fourth-order valence-electron chi connectivity index (χ4n) is 4.26. The second-order valence-electron chi connectivity index (χ2n) is 9.28. The van der Waals surface area contributed by atoms with Gasteiger partial charge in [-0.3, -0.25) is 14.2 Å². The van der Waals surface area contributed by atoms with Gasteiger partial charge in [0.2, 0.25) is 0 Å². The van der Waals surface area contributed by atoms with Crippen molar-refractivity contribution >= 4 is 22.5 Å². The molecule has 0 aliphatic rings. The Hall–Kier alpha value is -4.34. The van der Waals surface area contributed by atoms with Crippen LogP contribution in [0, 0.1) is 5.92 Å². The molecule has 5 aromatic rings. The van der Waals surface area contributed by atoms with Gasteiger partial charge in [0.15, 0.2) is 11.5 Å². The van der Waals surface area contributed by atoms with Gasteiger partial charge in [-0.05, 0) is 29.7 Å². The third-order valence-electron chi connectivity index (χ3n) is 6.19. The van der Waals surface area contributed by atoms with Gasteiger partial charge in [-0.1, -0.05) is 44.2 Å². The van der Waals surface area contributed by atoms with Gasteiger partial charge in [-0.25, -0.2) is 9.67 Å². The van der Waals surface area contributed by atoms with Gasteiger partial charge in [0.25, 0.3) is 5.91 Å². The number of benzene rings is 2. The quantitative estimate of drug-likeness (QED) is 0.322. The fraction of sp³-hybridized carbons (Fsp3) is 0.259. The predicted molar refractivity (Wildman–Crippen MR) is 135 cm³/mol. The number of amides is 1. The molecule has 0 radical (unpaired) electrons. The van der Waals surface area contributed by atoms with E-state index in [4.69, 9.17) is 4.74 Å². The van der Waals surface area contributed by atoms with Gasteiger partial charge < -0.3 is 10.1 Å². The van der Waals surface area contributed by atoms with Crippen molar-refractivity contribution in [2.24, 2.45) is 5.92 Å². The number of hydrogen-bond acceptors (Lipinski definition) is 5. The first-order chi connectivity index (χ1) is 17.7. The molecule has 1 N–H and O–H groups in total. The summed E-state index contributed by atoms with van der Waals surface area (Å²) in [6, 6.07) is 14.1. The summed E-state index contributed by atoms with van der Waals surface area (Å²) in [6.07, 6.45) is 7.90. The topological polar surface area (TPSA) is 86.3 Å². The first-order valence-electron chi connectivity index (χ1n) is 11.9. The van der Waals surface area contributed by atoms with Crippen LogP contribution >= 0.6 is 0 Å². The third kappa shape index (κ3) is 4.87. The molecule has 3 heterocycles. The highest BCUT2D eigenvalue weighted by molar-refractivity contribution is 5.83. The van der Waals surface area contributed by atoms with Crippen LogP contribution in [0.25, 0.3) is 22.4 Å². The van der Waals surface area contributed by atoms with E-state index in [-0.39, 0.29) is 5.92 Å². The van der Waals surface area contributed by atoms with Crippen LogP contribution < -0.4 is 10.1 Å². The Bertz CT molecular complexity index is 1540. The lowest BCUT2D eigenvalue weighted by molar-refractivity contribution is -0.145. The van der Waals surface area contributed by atoms with Crippen LogP contribution in [0.5, 0.6) is 5.75 Å². The minimum absolute atomic E-state index is 0.187. The molecule has 8 nitrogen and oxygen atoms in total. The van der Waals surface area contributed by atoms with Crippen molar-refractivity contribution in [3.8, 4) is 11.6 Å². The number of alkyl halides is 2. The van der Waals surface area contributed by atoms with E-state index in [1.165, 1.54) is 0 Å². The highest BCUT2D eigenvalue weighted by atomic mass is 19.3. The summed E-state index contributed by atoms with van der Waals surface area (Å²) in [5.74, 6) is -3.75. The Morgan fingerprint density at radius 2 is 1.86 bits per heavy atom. The summed E-state index contributed by atoms with van der Waals surface area (Å²) in [5.41, 5.74) is 2.30. The number of rotatable bonds is 8. The predicted octanol–water partition coefficient (Wildman–Crippen LogP) is 4.98. The second kappa shape index (κ2) is 9.61. The van der Waals surface area contributed by atoms with E-state index in [1.807, 2.05) is 66.9 Å². The molecule has 0 spiro atoms. The van der Waals surface area contributed by atoms with Crippen LogP contribution in [0.4, 0.5) is 8.78 Å². The van der Waals surface area contributed by atoms with Crippen molar-refractivity contribution in [3.05, 3.63) is 85.1 Å². The molecule has 0 bridgehead atoms. The van der Waals surface area contributed by atoms with Gasteiger partial charge >= 0.3 is 5.92 Å². The van der Waals surface area contributed by atoms with Crippen LogP contribution in [0.3, 0.4) is 0 Å². The van der Waals surface area contributed by atoms with Gasteiger partial charge in [0, 0.05) is 24.7 Å². The van der Waals surface area contributed by atoms with Gasteiger partial charge in [-0.2, -0.15) is 13.9 Å². The fourth-order valence-corrected chi connectivity index (χ4v) is 4.26. The zero-order chi connectivity index (χ0) is 26.2. The molecule has 0 unspecified atom stereocenters. The molecule has 2 atom stereocenters. The minimum Gasteiger partial charge on any atom is -0.484 e. The Balaban J connectivity index is 1.50. The molecule has 0 saturated heterocycles. The Labute approximate surface area is 211 Å². The number of nitrogens with zero attached hydrogens (tertiary/aromatic N) is 5. The number of fused-ring (bicyclic) bond motifs is 2. The van der Waals surface area contributed by atoms with E-state index in [0.29, 0.717) is 18.3 Å². The third-order valence-corrected chi connectivity index (χ3v) is 6.19. The monoisotopic (exact) mass is 504 g/mol. The van der Waals surface area contributed by atoms with Gasteiger partial charge in [0.1, 0.15) is 11.9 Å². The van der Waals surface area contributed by atoms with Crippen molar-refractivity contribution in [2.45, 2.75) is 38.8 Å². The lowest BCUT2D eigenvalue weighted by Crippen LogP contribution is -2.49. The zero-order valence-electron chi connectivity index (χ0n) is 20.5. The summed E-state index contributed by atoms with van der Waals surface area (Å²) < 4.78 is 37.6. The van der Waals surface area contributed by atoms with Crippen LogP contribution in [0.2, 0.25) is 0 Å². The smallest absolute Gasteiger partial charge is 0.321 e. The molecule has 1 amide bonds. The molecule has 0 aliphatic heterocycles. The summed E-state index contributed by atoms with van der Waals surface area (Å²) in [4.78, 5) is 20.7. The Morgan fingerprint density at radius 3 is 2.59 bits per heavy atom. The SMILES string of the molecule is CC(C)[C@H](NC(=O)C(C)(F)F)[C@H](Oc1ccc2c(cnn2-c2cnc3cnccn23)c1)c1ccccc1. The molecule has 3 aromatic heterocycles. The highest BCUT2D eigenvalue weighted by Crippen LogP contribution is 2.31. The number of imidazole rings is 1. The molecule has 0 aliphatic carbocycles. The Morgan fingerprint density at radius 1 is 1.08 bits per heavy atom. The zero-order valence-corrected chi connectivity index (χ0v) is 20.5. The first-order valence-corrected chi connectivity index (χ1v) is 11.9. The van der Waals surface area contributed by atoms with E-state index in [2.05, 4.69) is 20.4 Å². The molecule has 37 heavy (non-hydrogen) atoms. The molecule has 190 valence electrons. The molecule has 0 fully saturated rings. The average molecular weight is 505 g/mol. The minimum atomic E-state index is -3.50. The summed E-state index contributed by atoms with van der Waals surface area (Å²) in [5, 5.41) is 7.86. The maximum atomic E-state index is 13.8. The number of carbonyl (C=O) groups excluding carboxylic acids is 1. The average Bonchev–Trinajstić information content (AvgIpc) is 3.49. The largest absolute Gasteiger partial charge is 0.484 e. The van der Waals surface area contributed by atoms with Crippen molar-refractivity contribution < 1.29 is 18.3 Å². The molecular weight excluding hydrogens is 478 g/mol. The van der Waals surface area contributed by atoms with E-state index in [9.17, 15) is 13.6 Å². The molecule has 5 rings (SSSR count). The standard InChI is InChI=1S/C27H26F2N6O2/c1-17(2)24(33-26(36)27(3,28)29)25(18-7-5-4-6-8-18)37-20-9-10-21-19(13-20)14-32-35(21)23-16-31-22-15-30-11-12-34(22)23/h4-17,24-25H,1-3H3,(H,33,36)/t24-,25+/m0/s1. The van der Waals surface area contributed by atoms with Crippen LogP contribution in [0.1, 0.15) is 32.4 Å². The van der Waals surface area contributed by atoms with Crippen molar-refractivity contribution in [3.63, 3.8) is 0 Å². The maximum Gasteiger partial charge on any atom is 0.321 e. The lowest BCUT2D eigenvalue weighted by atomic mass is 9.92. The first kappa shape index (κ1) is 24.4. The molecule has 10 heteroatoms. The van der Waals surface area contributed by atoms with Crippen LogP contribution in [0.15, 0.2) is 79.5 Å². The normalized spacial score (nSPS) is 13.7. The van der Waals surface area contributed by atoms with Gasteiger partial charge in [-0.15, -0.1) is 0 Å². The highest BCUT2D eigenvalue weighted by Gasteiger charge is 2.37.